The molecule has 0 spiro atoms. The van der Waals surface area contributed by atoms with Crippen LogP contribution in [0.2, 0.25) is 0 Å². The second-order valence-electron chi connectivity index (χ2n) is 7.77. The molecule has 108 valence electrons. The van der Waals surface area contributed by atoms with E-state index in [-0.39, 0.29) is 16.6 Å². The van der Waals surface area contributed by atoms with Crippen LogP contribution >= 0.6 is 0 Å². The maximum Gasteiger partial charge on any atom is 0.0760 e. The van der Waals surface area contributed by atoms with Crippen molar-refractivity contribution in [2.24, 2.45) is 5.41 Å². The third-order valence-corrected chi connectivity index (χ3v) is 4.00. The Labute approximate surface area is 113 Å². The van der Waals surface area contributed by atoms with Gasteiger partial charge in [-0.25, -0.2) is 0 Å². The molecule has 0 saturated carbocycles. The lowest BCUT2D eigenvalue weighted by atomic mass is 9.83. The van der Waals surface area contributed by atoms with Gasteiger partial charge in [-0.3, -0.25) is 4.90 Å². The average molecular weight is 256 g/mol. The van der Waals surface area contributed by atoms with Gasteiger partial charge in [-0.1, -0.05) is 13.8 Å². The van der Waals surface area contributed by atoms with Crippen LogP contribution < -0.4 is 5.32 Å². The smallest absolute Gasteiger partial charge is 0.0760 e. The van der Waals surface area contributed by atoms with E-state index in [0.717, 1.165) is 19.6 Å². The molecule has 0 amide bonds. The van der Waals surface area contributed by atoms with Crippen molar-refractivity contribution in [1.82, 2.24) is 10.2 Å². The first-order valence-electron chi connectivity index (χ1n) is 7.07. The van der Waals surface area contributed by atoms with Crippen LogP contribution in [-0.4, -0.2) is 48.8 Å². The van der Waals surface area contributed by atoms with Gasteiger partial charge < -0.3 is 10.1 Å². The number of hydrogen-bond donors (Lipinski definition) is 1. The van der Waals surface area contributed by atoms with Gasteiger partial charge in [-0.15, -0.1) is 0 Å². The minimum atomic E-state index is -0.0548. The standard InChI is InChI=1S/C15H32N2O/c1-12(16-8)13(2,3)9-17-10-14(4,5)18-15(6,7)11-17/h12,16H,9-11H2,1-8H3. The van der Waals surface area contributed by atoms with E-state index in [0.29, 0.717) is 6.04 Å². The number of ether oxygens (including phenoxy) is 1. The molecular formula is C15H32N2O. The third-order valence-electron chi connectivity index (χ3n) is 4.00. The molecule has 0 bridgehead atoms. The van der Waals surface area contributed by atoms with Crippen molar-refractivity contribution in [2.45, 2.75) is 65.7 Å². The molecule has 1 heterocycles. The summed E-state index contributed by atoms with van der Waals surface area (Å²) in [6, 6.07) is 0.506. The van der Waals surface area contributed by atoms with Gasteiger partial charge in [0.1, 0.15) is 0 Å². The van der Waals surface area contributed by atoms with Crippen LogP contribution in [0.1, 0.15) is 48.5 Å². The van der Waals surface area contributed by atoms with Crippen molar-refractivity contribution >= 4 is 0 Å². The lowest BCUT2D eigenvalue weighted by molar-refractivity contribution is -0.184. The molecule has 1 aliphatic heterocycles. The van der Waals surface area contributed by atoms with Crippen LogP contribution in [0.25, 0.3) is 0 Å². The van der Waals surface area contributed by atoms with Gasteiger partial charge in [0.15, 0.2) is 0 Å². The van der Waals surface area contributed by atoms with E-state index >= 15 is 0 Å². The van der Waals surface area contributed by atoms with E-state index in [4.69, 9.17) is 4.74 Å². The summed E-state index contributed by atoms with van der Waals surface area (Å²) in [4.78, 5) is 2.55. The van der Waals surface area contributed by atoms with Gasteiger partial charge in [0.25, 0.3) is 0 Å². The molecule has 3 heteroatoms. The fourth-order valence-corrected chi connectivity index (χ4v) is 3.16. The summed E-state index contributed by atoms with van der Waals surface area (Å²) in [6.45, 7) is 18.8. The molecule has 1 saturated heterocycles. The zero-order chi connectivity index (χ0) is 14.2. The fraction of sp³-hybridized carbons (Fsp3) is 1.00. The Morgan fingerprint density at radius 2 is 1.61 bits per heavy atom. The first-order chi connectivity index (χ1) is 7.97. The molecule has 18 heavy (non-hydrogen) atoms. The third kappa shape index (κ3) is 4.22. The van der Waals surface area contributed by atoms with Gasteiger partial charge in [0.2, 0.25) is 0 Å². The minimum absolute atomic E-state index is 0.0548. The van der Waals surface area contributed by atoms with E-state index in [1.54, 1.807) is 0 Å². The normalized spacial score (nSPS) is 26.0. The SMILES string of the molecule is CNC(C)C(C)(C)CN1CC(C)(C)OC(C)(C)C1. The zero-order valence-electron chi connectivity index (χ0n) is 13.6. The Morgan fingerprint density at radius 3 is 2.00 bits per heavy atom. The molecule has 0 aromatic heterocycles. The molecule has 0 aliphatic carbocycles. The summed E-state index contributed by atoms with van der Waals surface area (Å²) < 4.78 is 6.14. The van der Waals surface area contributed by atoms with E-state index in [9.17, 15) is 0 Å². The molecule has 1 rings (SSSR count). The number of nitrogens with one attached hydrogen (secondary N) is 1. The molecule has 0 aromatic rings. The van der Waals surface area contributed by atoms with Crippen LogP contribution in [0.4, 0.5) is 0 Å². The molecule has 0 radical (unpaired) electrons. The molecule has 1 aliphatic rings. The van der Waals surface area contributed by atoms with Gasteiger partial charge in [-0.05, 0) is 47.1 Å². The highest BCUT2D eigenvalue weighted by Crippen LogP contribution is 2.31. The maximum atomic E-state index is 6.14. The minimum Gasteiger partial charge on any atom is -0.367 e. The number of hydrogen-bond acceptors (Lipinski definition) is 3. The molecule has 1 unspecified atom stereocenters. The van der Waals surface area contributed by atoms with Crippen molar-refractivity contribution in [3.8, 4) is 0 Å². The van der Waals surface area contributed by atoms with Gasteiger partial charge in [0.05, 0.1) is 11.2 Å². The van der Waals surface area contributed by atoms with E-state index in [1.807, 2.05) is 7.05 Å². The Balaban J connectivity index is 2.72. The number of rotatable bonds is 4. The Bertz CT molecular complexity index is 268. The number of nitrogens with zero attached hydrogens (tertiary/aromatic N) is 1. The first kappa shape index (κ1) is 15.9. The van der Waals surface area contributed by atoms with Crippen LogP contribution in [-0.2, 0) is 4.74 Å². The summed E-state index contributed by atoms with van der Waals surface area (Å²) in [6.07, 6.45) is 0. The monoisotopic (exact) mass is 256 g/mol. The second kappa shape index (κ2) is 5.10. The molecule has 1 N–H and O–H groups in total. The van der Waals surface area contributed by atoms with Gasteiger partial charge in [0, 0.05) is 25.7 Å². The number of morpholine rings is 1. The highest BCUT2D eigenvalue weighted by molar-refractivity contribution is 4.92. The Morgan fingerprint density at radius 1 is 1.17 bits per heavy atom. The Hall–Kier alpha value is -0.120. The van der Waals surface area contributed by atoms with E-state index in [2.05, 4.69) is 58.7 Å². The van der Waals surface area contributed by atoms with E-state index in [1.165, 1.54) is 0 Å². The molecule has 1 atom stereocenters. The first-order valence-corrected chi connectivity index (χ1v) is 7.07. The molecule has 1 fully saturated rings. The molecule has 0 aromatic carbocycles. The van der Waals surface area contributed by atoms with Crippen molar-refractivity contribution < 1.29 is 4.74 Å². The maximum absolute atomic E-state index is 6.14. The van der Waals surface area contributed by atoms with Crippen molar-refractivity contribution in [2.75, 3.05) is 26.7 Å². The zero-order valence-corrected chi connectivity index (χ0v) is 13.6. The predicted octanol–water partition coefficient (Wildman–Crippen LogP) is 2.51. The summed E-state index contributed by atoms with van der Waals surface area (Å²) in [7, 11) is 2.04. The van der Waals surface area contributed by atoms with Crippen LogP contribution in [0, 0.1) is 5.41 Å². The topological polar surface area (TPSA) is 24.5 Å². The lowest BCUT2D eigenvalue weighted by Gasteiger charge is -2.49. The van der Waals surface area contributed by atoms with Gasteiger partial charge >= 0.3 is 0 Å². The lowest BCUT2D eigenvalue weighted by Crippen LogP contribution is -2.59. The summed E-state index contributed by atoms with van der Waals surface area (Å²) >= 11 is 0. The van der Waals surface area contributed by atoms with Crippen molar-refractivity contribution in [3.63, 3.8) is 0 Å². The van der Waals surface area contributed by atoms with Crippen LogP contribution in [0.5, 0.6) is 0 Å². The highest BCUT2D eigenvalue weighted by atomic mass is 16.5. The second-order valence-corrected chi connectivity index (χ2v) is 7.77. The highest BCUT2D eigenvalue weighted by Gasteiger charge is 2.40. The summed E-state index contributed by atoms with van der Waals surface area (Å²) in [5, 5.41) is 3.38. The van der Waals surface area contributed by atoms with E-state index < -0.39 is 0 Å². The molecular weight excluding hydrogens is 224 g/mol. The average Bonchev–Trinajstić information content (AvgIpc) is 2.09. The fourth-order valence-electron chi connectivity index (χ4n) is 3.16. The molecule has 3 nitrogen and oxygen atoms in total. The van der Waals surface area contributed by atoms with Gasteiger partial charge in [-0.2, -0.15) is 0 Å². The predicted molar refractivity (Wildman–Crippen MR) is 78.0 cm³/mol. The largest absolute Gasteiger partial charge is 0.367 e. The van der Waals surface area contributed by atoms with Crippen molar-refractivity contribution in [3.05, 3.63) is 0 Å². The summed E-state index contributed by atoms with van der Waals surface area (Å²) in [5.41, 5.74) is 0.152. The van der Waals surface area contributed by atoms with Crippen LogP contribution in [0.15, 0.2) is 0 Å². The van der Waals surface area contributed by atoms with Crippen LogP contribution in [0.3, 0.4) is 0 Å². The Kier molecular flexibility index (Phi) is 4.52. The van der Waals surface area contributed by atoms with Crippen molar-refractivity contribution in [1.29, 1.82) is 0 Å². The quantitative estimate of drug-likeness (QED) is 0.836. The summed E-state index contributed by atoms with van der Waals surface area (Å²) in [5.74, 6) is 0.